The van der Waals surface area contributed by atoms with Gasteiger partial charge >= 0.3 is 0 Å². The molecule has 1 fully saturated rings. The van der Waals surface area contributed by atoms with E-state index in [1.165, 1.54) is 0 Å². The Morgan fingerprint density at radius 1 is 1.20 bits per heavy atom. The molecule has 0 aromatic heterocycles. The first-order valence-corrected chi connectivity index (χ1v) is 7.48. The van der Waals surface area contributed by atoms with E-state index in [1.807, 2.05) is 0 Å². The van der Waals surface area contributed by atoms with E-state index in [4.69, 9.17) is 0 Å². The Morgan fingerprint density at radius 2 is 1.75 bits per heavy atom. The van der Waals surface area contributed by atoms with Crippen molar-refractivity contribution in [3.63, 3.8) is 0 Å². The lowest BCUT2D eigenvalue weighted by Crippen LogP contribution is -2.33. The summed E-state index contributed by atoms with van der Waals surface area (Å²) in [5.41, 5.74) is 0. The number of carbonyl (C=O) groups excluding carboxylic acids is 1. The van der Waals surface area contributed by atoms with E-state index in [0.29, 0.717) is 12.1 Å². The lowest BCUT2D eigenvalue weighted by Gasteiger charge is -2.24. The predicted molar refractivity (Wildman–Crippen MR) is 63.6 cm³/mol. The molecule has 4 nitrogen and oxygen atoms in total. The first kappa shape index (κ1) is 14.8. The highest BCUT2D eigenvalue weighted by Gasteiger charge is 2.25. The van der Waals surface area contributed by atoms with Crippen LogP contribution in [-0.2, 0) is 14.8 Å². The number of rotatable bonds is 4. The van der Waals surface area contributed by atoms with Crippen molar-refractivity contribution in [2.24, 2.45) is 5.92 Å². The maximum Gasteiger partial charge on any atom is 0.264 e. The zero-order chi connectivity index (χ0) is 14.9. The van der Waals surface area contributed by atoms with Gasteiger partial charge in [-0.3, -0.25) is 4.79 Å². The highest BCUT2D eigenvalue weighted by molar-refractivity contribution is 7.90. The van der Waals surface area contributed by atoms with Gasteiger partial charge in [-0.25, -0.2) is 26.3 Å². The van der Waals surface area contributed by atoms with E-state index in [-0.39, 0.29) is 12.3 Å². The fourth-order valence-electron chi connectivity index (χ4n) is 1.90. The second-order valence-electron chi connectivity index (χ2n) is 4.73. The minimum absolute atomic E-state index is 0.0470. The van der Waals surface area contributed by atoms with Crippen LogP contribution in [0.1, 0.15) is 25.7 Å². The lowest BCUT2D eigenvalue weighted by molar-refractivity contribution is -0.120. The monoisotopic (exact) mass is 307 g/mol. The number of halogens is 3. The summed E-state index contributed by atoms with van der Waals surface area (Å²) < 4.78 is 64.0. The third kappa shape index (κ3) is 3.12. The van der Waals surface area contributed by atoms with E-state index in [2.05, 4.69) is 0 Å². The summed E-state index contributed by atoms with van der Waals surface area (Å²) in [6.45, 7) is 0. The highest BCUT2D eigenvalue weighted by Crippen LogP contribution is 2.29. The van der Waals surface area contributed by atoms with E-state index in [9.17, 15) is 26.4 Å². The molecule has 0 radical (unpaired) electrons. The molecule has 0 atom stereocenters. The average Bonchev–Trinajstić information content (AvgIpc) is 2.29. The number of hydrogen-bond acceptors (Lipinski definition) is 3. The van der Waals surface area contributed by atoms with E-state index in [0.717, 1.165) is 19.3 Å². The molecular weight excluding hydrogens is 295 g/mol. The van der Waals surface area contributed by atoms with Gasteiger partial charge in [0.1, 0.15) is 0 Å². The van der Waals surface area contributed by atoms with Crippen LogP contribution >= 0.6 is 0 Å². The quantitative estimate of drug-likeness (QED) is 0.867. The molecule has 2 rings (SSSR count). The van der Waals surface area contributed by atoms with Crippen LogP contribution in [0.15, 0.2) is 17.0 Å². The molecule has 1 aliphatic carbocycles. The van der Waals surface area contributed by atoms with Gasteiger partial charge in [-0.15, -0.1) is 0 Å². The van der Waals surface area contributed by atoms with Gasteiger partial charge in [0.15, 0.2) is 17.5 Å². The van der Waals surface area contributed by atoms with Gasteiger partial charge in [-0.2, -0.15) is 0 Å². The van der Waals surface area contributed by atoms with Crippen molar-refractivity contribution in [3.05, 3.63) is 29.6 Å². The Labute approximate surface area is 114 Å². The van der Waals surface area contributed by atoms with Gasteiger partial charge in [0, 0.05) is 6.42 Å². The number of benzene rings is 1. The molecule has 1 saturated carbocycles. The first-order chi connectivity index (χ1) is 9.29. The van der Waals surface area contributed by atoms with E-state index < -0.39 is 38.3 Å². The Hall–Kier alpha value is -1.57. The third-order valence-corrected chi connectivity index (χ3v) is 4.57. The second-order valence-corrected chi connectivity index (χ2v) is 6.41. The van der Waals surface area contributed by atoms with Crippen LogP contribution in [0.3, 0.4) is 0 Å². The Bertz CT molecular complexity index is 618. The summed E-state index contributed by atoms with van der Waals surface area (Å²) >= 11 is 0. The number of sulfonamides is 1. The van der Waals surface area contributed by atoms with Crippen LogP contribution in [0, 0.1) is 23.4 Å². The molecule has 0 heterocycles. The van der Waals surface area contributed by atoms with Gasteiger partial charge < -0.3 is 0 Å². The number of nitrogens with one attached hydrogen (secondary N) is 1. The summed E-state index contributed by atoms with van der Waals surface area (Å²) in [7, 11) is -4.40. The smallest absolute Gasteiger partial charge is 0.264 e. The van der Waals surface area contributed by atoms with Crippen LogP contribution in [0.2, 0.25) is 0 Å². The topological polar surface area (TPSA) is 63.2 Å². The van der Waals surface area contributed by atoms with Crippen molar-refractivity contribution in [2.45, 2.75) is 30.6 Å². The maximum absolute atomic E-state index is 13.0. The van der Waals surface area contributed by atoms with Gasteiger partial charge in [0.2, 0.25) is 5.91 Å². The first-order valence-electron chi connectivity index (χ1n) is 6.00. The fraction of sp³-hybridized carbons (Fsp3) is 0.417. The molecule has 0 bridgehead atoms. The van der Waals surface area contributed by atoms with Crippen molar-refractivity contribution in [1.82, 2.24) is 4.72 Å². The zero-order valence-corrected chi connectivity index (χ0v) is 11.1. The number of amides is 1. The molecule has 20 heavy (non-hydrogen) atoms. The van der Waals surface area contributed by atoms with Gasteiger partial charge in [0.05, 0.1) is 4.90 Å². The van der Waals surface area contributed by atoms with E-state index >= 15 is 0 Å². The van der Waals surface area contributed by atoms with Crippen LogP contribution in [0.25, 0.3) is 0 Å². The standard InChI is InChI=1S/C12H12F3NO3S/c13-9-5-8(6-10(14)12(9)15)20(18,19)16-11(17)4-7-2-1-3-7/h5-7H,1-4H2,(H,16,17). The van der Waals surface area contributed by atoms with Crippen molar-refractivity contribution >= 4 is 15.9 Å². The molecule has 1 aromatic rings. The largest absolute Gasteiger partial charge is 0.274 e. The Morgan fingerprint density at radius 3 is 2.20 bits per heavy atom. The van der Waals surface area contributed by atoms with Gasteiger partial charge in [-0.05, 0) is 30.9 Å². The maximum atomic E-state index is 13.0. The van der Waals surface area contributed by atoms with E-state index in [1.54, 1.807) is 4.72 Å². The second kappa shape index (κ2) is 5.43. The van der Waals surface area contributed by atoms with Crippen molar-refractivity contribution in [1.29, 1.82) is 0 Å². The van der Waals surface area contributed by atoms with Crippen LogP contribution < -0.4 is 4.72 Å². The summed E-state index contributed by atoms with van der Waals surface area (Å²) in [5.74, 6) is -5.61. The summed E-state index contributed by atoms with van der Waals surface area (Å²) in [4.78, 5) is 10.7. The SMILES string of the molecule is O=C(CC1CCC1)NS(=O)(=O)c1cc(F)c(F)c(F)c1. The fourth-order valence-corrected chi connectivity index (χ4v) is 2.92. The van der Waals surface area contributed by atoms with Crippen LogP contribution in [-0.4, -0.2) is 14.3 Å². The Kier molecular flexibility index (Phi) is 4.03. The normalized spacial score (nSPS) is 15.8. The zero-order valence-electron chi connectivity index (χ0n) is 10.3. The Balaban J connectivity index is 2.15. The third-order valence-electron chi connectivity index (χ3n) is 3.21. The van der Waals surface area contributed by atoms with Crippen molar-refractivity contribution in [2.75, 3.05) is 0 Å². The highest BCUT2D eigenvalue weighted by atomic mass is 32.2. The average molecular weight is 307 g/mol. The summed E-state index contributed by atoms with van der Waals surface area (Å²) in [6, 6.07) is 0.661. The van der Waals surface area contributed by atoms with Crippen molar-refractivity contribution < 1.29 is 26.4 Å². The van der Waals surface area contributed by atoms with Gasteiger partial charge in [0.25, 0.3) is 10.0 Å². The molecule has 1 aliphatic rings. The minimum Gasteiger partial charge on any atom is -0.274 e. The number of hydrogen-bond donors (Lipinski definition) is 1. The number of carbonyl (C=O) groups is 1. The molecule has 0 saturated heterocycles. The molecule has 0 unspecified atom stereocenters. The minimum atomic E-state index is -4.40. The summed E-state index contributed by atoms with van der Waals surface area (Å²) in [6.07, 6.45) is 2.75. The molecule has 0 aliphatic heterocycles. The molecule has 110 valence electrons. The molecule has 0 spiro atoms. The van der Waals surface area contributed by atoms with Gasteiger partial charge in [-0.1, -0.05) is 6.42 Å². The molecule has 1 aromatic carbocycles. The summed E-state index contributed by atoms with van der Waals surface area (Å²) in [5, 5.41) is 0. The molecule has 8 heteroatoms. The van der Waals surface area contributed by atoms with Crippen LogP contribution in [0.5, 0.6) is 0 Å². The molecule has 1 amide bonds. The van der Waals surface area contributed by atoms with Crippen molar-refractivity contribution in [3.8, 4) is 0 Å². The molecular formula is C12H12F3NO3S. The van der Waals surface area contributed by atoms with Crippen LogP contribution in [0.4, 0.5) is 13.2 Å². The lowest BCUT2D eigenvalue weighted by atomic mass is 9.83. The molecule has 1 N–H and O–H groups in total. The predicted octanol–water partition coefficient (Wildman–Crippen LogP) is 2.10.